The fraction of sp³-hybridized carbons (Fsp3) is 0.289. The third kappa shape index (κ3) is 14.2. The number of Topliss-reactive ketones (excluding diaryl/α,β-unsaturated/α-hetero) is 3. The van der Waals surface area contributed by atoms with Crippen LogP contribution in [0.3, 0.4) is 0 Å². The molecule has 1 aliphatic carbocycles. The molecule has 0 unspecified atom stereocenters. The molecule has 0 bridgehead atoms. The summed E-state index contributed by atoms with van der Waals surface area (Å²) in [4.78, 5) is 74.0. The van der Waals surface area contributed by atoms with Crippen LogP contribution in [0.25, 0.3) is 18.2 Å². The zero-order chi connectivity index (χ0) is 46.2. The summed E-state index contributed by atoms with van der Waals surface area (Å²) in [6.07, 6.45) is 10.4. The van der Waals surface area contributed by atoms with Crippen LogP contribution in [-0.2, 0) is 37.1 Å². The highest BCUT2D eigenvalue weighted by Gasteiger charge is 2.31. The zero-order valence-electron chi connectivity index (χ0n) is 35.9. The Morgan fingerprint density at radius 1 is 0.683 bits per heavy atom. The standard InChI is InChI=1S/C15H18N3O3.2C15H17N3O3/c3*1-10(19)9-18-14(8-16-2)17-13(15(18)21)7-11-3-5-12(20)6-4-11/h3-7,12,16,21H,8-9H2,1-2H3;2*3-7,16,20H,8-9H2,1-2H3/q-1;;/p-2/b;2*13-7-. The molecule has 6 rings (SSSR count). The third-order valence-corrected chi connectivity index (χ3v) is 8.86. The number of benzene rings is 2. The van der Waals surface area contributed by atoms with Gasteiger partial charge in [-0.1, -0.05) is 66.8 Å². The first-order valence-electron chi connectivity index (χ1n) is 19.7. The number of hydrogen-bond donors (Lipinski definition) is 4. The highest BCUT2D eigenvalue weighted by molar-refractivity contribution is 6.17. The normalized spacial score (nSPS) is 16.7. The van der Waals surface area contributed by atoms with Gasteiger partial charge in [0.05, 0.1) is 45.0 Å². The smallest absolute Gasteiger partial charge is 0.278 e. The number of nitrogens with one attached hydrogen (secondary N) is 3. The van der Waals surface area contributed by atoms with Crippen LogP contribution in [-0.4, -0.2) is 119 Å². The predicted octanol–water partition coefficient (Wildman–Crippen LogP) is 0.436. The lowest BCUT2D eigenvalue weighted by atomic mass is 10.1. The van der Waals surface area contributed by atoms with Gasteiger partial charge in [-0.2, -0.15) is 0 Å². The summed E-state index contributed by atoms with van der Waals surface area (Å²) in [5.74, 6) is 0.441. The lowest BCUT2D eigenvalue weighted by Gasteiger charge is -2.16. The van der Waals surface area contributed by atoms with Gasteiger partial charge in [0.1, 0.15) is 52.0 Å². The van der Waals surface area contributed by atoms with Crippen molar-refractivity contribution < 1.29 is 44.4 Å². The molecule has 0 atom stereocenters. The Balaban J connectivity index is 0.000000207. The minimum atomic E-state index is -0.844. The van der Waals surface area contributed by atoms with Crippen molar-refractivity contribution >= 4 is 59.1 Å². The molecule has 3 aromatic rings. The second-order valence-electron chi connectivity index (χ2n) is 14.4. The Labute approximate surface area is 365 Å². The average molecular weight is 861 g/mol. The summed E-state index contributed by atoms with van der Waals surface area (Å²) in [6, 6.07) is 12.6. The summed E-state index contributed by atoms with van der Waals surface area (Å²) in [6.45, 7) is 5.55. The van der Waals surface area contributed by atoms with Crippen LogP contribution in [0.4, 0.5) is 0 Å². The molecule has 4 N–H and O–H groups in total. The second-order valence-corrected chi connectivity index (χ2v) is 14.4. The summed E-state index contributed by atoms with van der Waals surface area (Å²) in [5.41, 5.74) is 3.04. The van der Waals surface area contributed by atoms with Crippen molar-refractivity contribution in [2.24, 2.45) is 9.98 Å². The Morgan fingerprint density at radius 2 is 1.13 bits per heavy atom. The Bertz CT molecular complexity index is 2260. The van der Waals surface area contributed by atoms with E-state index in [1.165, 1.54) is 71.6 Å². The van der Waals surface area contributed by atoms with Gasteiger partial charge in [0.15, 0.2) is 0 Å². The molecule has 63 heavy (non-hydrogen) atoms. The van der Waals surface area contributed by atoms with Crippen LogP contribution in [0.1, 0.15) is 43.4 Å². The summed E-state index contributed by atoms with van der Waals surface area (Å²) < 4.78 is 1.37. The van der Waals surface area contributed by atoms with Gasteiger partial charge in [-0.25, -0.2) is 15.0 Å². The van der Waals surface area contributed by atoms with Crippen LogP contribution in [0.5, 0.6) is 17.4 Å². The molecule has 1 aromatic heterocycles. The number of phenolic OH excluding ortho intramolecular Hbond substituents is 1. The molecular formula is C45H50N9O9-3. The van der Waals surface area contributed by atoms with E-state index in [1.54, 1.807) is 75.8 Å². The molecule has 2 amide bonds. The molecule has 0 saturated carbocycles. The largest absolute Gasteiger partial charge is 0.872 e. The van der Waals surface area contributed by atoms with Crippen LogP contribution in [0.2, 0.25) is 0 Å². The van der Waals surface area contributed by atoms with Gasteiger partial charge < -0.3 is 40.9 Å². The number of amidine groups is 2. The molecule has 0 spiro atoms. The van der Waals surface area contributed by atoms with Crippen molar-refractivity contribution in [1.29, 1.82) is 0 Å². The van der Waals surface area contributed by atoms with Crippen molar-refractivity contribution in [3.8, 4) is 17.4 Å². The number of likely N-dealkylation sites (N-methyl/N-ethyl adjacent to an activating group) is 2. The Hall–Kier alpha value is -7.12. The third-order valence-electron chi connectivity index (χ3n) is 8.86. The number of imidazole rings is 1. The number of aliphatic imine (C=N–C) groups is 2. The van der Waals surface area contributed by atoms with Crippen LogP contribution in [0.15, 0.2) is 99.8 Å². The van der Waals surface area contributed by atoms with E-state index in [-0.39, 0.29) is 83.3 Å². The summed E-state index contributed by atoms with van der Waals surface area (Å²) in [7, 11) is 5.24. The minimum absolute atomic E-state index is 0.0101. The maximum atomic E-state index is 12.3. The van der Waals surface area contributed by atoms with Gasteiger partial charge >= 0.3 is 0 Å². The minimum Gasteiger partial charge on any atom is -0.872 e. The number of aromatic nitrogens is 2. The molecule has 0 saturated heterocycles. The highest BCUT2D eigenvalue weighted by Crippen LogP contribution is 2.23. The number of rotatable bonds is 15. The zero-order valence-corrected chi connectivity index (χ0v) is 35.9. The monoisotopic (exact) mass is 860 g/mol. The maximum absolute atomic E-state index is 12.3. The number of ketones is 3. The molecule has 332 valence electrons. The van der Waals surface area contributed by atoms with E-state index in [1.807, 2.05) is 0 Å². The second kappa shape index (κ2) is 23.2. The van der Waals surface area contributed by atoms with E-state index in [2.05, 4.69) is 30.9 Å². The number of aromatic hydroxyl groups is 1. The van der Waals surface area contributed by atoms with Crippen molar-refractivity contribution in [2.45, 2.75) is 40.0 Å². The van der Waals surface area contributed by atoms with Gasteiger partial charge in [-0.05, 0) is 94.9 Å². The fourth-order valence-corrected chi connectivity index (χ4v) is 6.06. The van der Waals surface area contributed by atoms with Crippen molar-refractivity contribution in [3.63, 3.8) is 0 Å². The number of allylic oxidation sites excluding steroid dienone is 3. The van der Waals surface area contributed by atoms with Gasteiger partial charge in [-0.15, -0.1) is 5.75 Å². The Morgan fingerprint density at radius 3 is 1.56 bits per heavy atom. The highest BCUT2D eigenvalue weighted by atomic mass is 16.3. The fourth-order valence-electron chi connectivity index (χ4n) is 6.06. The van der Waals surface area contributed by atoms with Crippen LogP contribution < -0.4 is 31.3 Å². The molecule has 0 radical (unpaired) electrons. The molecular weight excluding hydrogens is 811 g/mol. The van der Waals surface area contributed by atoms with E-state index in [0.717, 1.165) is 16.7 Å². The first kappa shape index (κ1) is 48.5. The predicted molar refractivity (Wildman–Crippen MR) is 233 cm³/mol. The number of phenols is 1. The first-order valence-corrected chi connectivity index (χ1v) is 19.7. The molecule has 18 heteroatoms. The maximum Gasteiger partial charge on any atom is 0.278 e. The van der Waals surface area contributed by atoms with E-state index >= 15 is 0 Å². The number of nitrogens with zero attached hydrogens (tertiary/aromatic N) is 6. The van der Waals surface area contributed by atoms with Gasteiger partial charge in [0, 0.05) is 0 Å². The first-order chi connectivity index (χ1) is 30.0. The van der Waals surface area contributed by atoms with Crippen molar-refractivity contribution in [1.82, 2.24) is 35.3 Å². The summed E-state index contributed by atoms with van der Waals surface area (Å²) in [5, 5.41) is 52.5. The van der Waals surface area contributed by atoms with E-state index in [4.69, 9.17) is 0 Å². The SMILES string of the molecule is CNCC1=N/C(=C\c2ccc(O)cc2)C(=O)N1CC(C)=O.CNCC1=N/C(=C\c2ccc([O-])cc2)C(=O)N1CC(C)=O.CNCc1nc(C=C2C=CC([O-])C=C2)c([O-])n1CC(C)=O. The van der Waals surface area contributed by atoms with Crippen LogP contribution in [0, 0.1) is 0 Å². The number of hydrogen-bond acceptors (Lipinski definition) is 15. The van der Waals surface area contributed by atoms with Crippen molar-refractivity contribution in [2.75, 3.05) is 47.3 Å². The number of carbonyl (C=O) groups excluding carboxylic acids is 5. The lowest BCUT2D eigenvalue weighted by molar-refractivity contribution is -0.387. The molecule has 3 heterocycles. The van der Waals surface area contributed by atoms with E-state index in [0.29, 0.717) is 37.1 Å². The van der Waals surface area contributed by atoms with E-state index < -0.39 is 6.10 Å². The molecule has 3 aliphatic rings. The molecule has 0 fully saturated rings. The average Bonchev–Trinajstić information content (AvgIpc) is 3.79. The molecule has 2 aliphatic heterocycles. The van der Waals surface area contributed by atoms with E-state index in [9.17, 15) is 44.4 Å². The number of carbonyl (C=O) groups is 5. The lowest BCUT2D eigenvalue weighted by Crippen LogP contribution is -2.40. The van der Waals surface area contributed by atoms with Gasteiger partial charge in [0.25, 0.3) is 11.8 Å². The number of amides is 2. The van der Waals surface area contributed by atoms with Crippen LogP contribution >= 0.6 is 0 Å². The van der Waals surface area contributed by atoms with Gasteiger partial charge in [-0.3, -0.25) is 33.8 Å². The van der Waals surface area contributed by atoms with Crippen molar-refractivity contribution in [3.05, 3.63) is 112 Å². The Kier molecular flexibility index (Phi) is 17.9. The topological polar surface area (TPSA) is 260 Å². The quantitative estimate of drug-likeness (QED) is 0.152. The molecule has 18 nitrogen and oxygen atoms in total. The summed E-state index contributed by atoms with van der Waals surface area (Å²) >= 11 is 0. The van der Waals surface area contributed by atoms with Gasteiger partial charge in [0.2, 0.25) is 0 Å². The molecule has 2 aromatic carbocycles.